The fraction of sp³-hybridized carbons (Fsp3) is 0.364. The van der Waals surface area contributed by atoms with Crippen molar-refractivity contribution >= 4 is 11.6 Å². The van der Waals surface area contributed by atoms with Crippen LogP contribution >= 0.6 is 0 Å². The van der Waals surface area contributed by atoms with Crippen LogP contribution in [-0.2, 0) is 4.79 Å². The van der Waals surface area contributed by atoms with Crippen molar-refractivity contribution in [1.29, 1.82) is 0 Å². The molecule has 4 heteroatoms. The van der Waals surface area contributed by atoms with Crippen molar-refractivity contribution in [2.45, 2.75) is 12.3 Å². The lowest BCUT2D eigenvalue weighted by atomic mass is 9.97. The molecule has 1 aliphatic rings. The monoisotopic (exact) mass is 206 g/mol. The number of nitrogens with two attached hydrogens (primary N) is 1. The summed E-state index contributed by atoms with van der Waals surface area (Å²) in [6, 6.07) is 5.60. The number of hydrogen-bond donors (Lipinski definition) is 2. The molecule has 15 heavy (non-hydrogen) atoms. The summed E-state index contributed by atoms with van der Waals surface area (Å²) in [7, 11) is 1.61. The number of benzene rings is 1. The van der Waals surface area contributed by atoms with Gasteiger partial charge in [-0.2, -0.15) is 0 Å². The fourth-order valence-electron chi connectivity index (χ4n) is 1.88. The SMILES string of the molecule is COc1ccc2c(c1)[C@@H](CCN)C(=O)N2. The lowest BCUT2D eigenvalue weighted by molar-refractivity contribution is -0.117. The van der Waals surface area contributed by atoms with E-state index in [1.807, 2.05) is 18.2 Å². The van der Waals surface area contributed by atoms with Crippen LogP contribution in [0.3, 0.4) is 0 Å². The van der Waals surface area contributed by atoms with Gasteiger partial charge in [-0.15, -0.1) is 0 Å². The maximum atomic E-state index is 11.6. The first-order valence-electron chi connectivity index (χ1n) is 4.95. The zero-order chi connectivity index (χ0) is 10.8. The Bertz CT molecular complexity index is 390. The summed E-state index contributed by atoms with van der Waals surface area (Å²) >= 11 is 0. The average Bonchev–Trinajstić information content (AvgIpc) is 2.55. The highest BCUT2D eigenvalue weighted by Gasteiger charge is 2.29. The molecule has 0 unspecified atom stereocenters. The number of methoxy groups -OCH3 is 1. The Morgan fingerprint density at radius 3 is 3.00 bits per heavy atom. The highest BCUT2D eigenvalue weighted by molar-refractivity contribution is 6.03. The molecular weight excluding hydrogens is 192 g/mol. The normalized spacial score (nSPS) is 18.5. The van der Waals surface area contributed by atoms with Gasteiger partial charge in [0.2, 0.25) is 5.91 Å². The second kappa shape index (κ2) is 3.90. The molecule has 0 radical (unpaired) electrons. The zero-order valence-corrected chi connectivity index (χ0v) is 8.62. The molecule has 2 rings (SSSR count). The van der Waals surface area contributed by atoms with Gasteiger partial charge in [-0.05, 0) is 36.7 Å². The second-order valence-electron chi connectivity index (χ2n) is 3.57. The van der Waals surface area contributed by atoms with Crippen LogP contribution < -0.4 is 15.8 Å². The minimum atomic E-state index is -0.125. The number of carbonyl (C=O) groups excluding carboxylic acids is 1. The van der Waals surface area contributed by atoms with Crippen LogP contribution in [-0.4, -0.2) is 19.6 Å². The van der Waals surface area contributed by atoms with Gasteiger partial charge in [0.1, 0.15) is 5.75 Å². The van der Waals surface area contributed by atoms with E-state index >= 15 is 0 Å². The Labute approximate surface area is 88.4 Å². The smallest absolute Gasteiger partial charge is 0.232 e. The van der Waals surface area contributed by atoms with Crippen molar-refractivity contribution in [2.24, 2.45) is 5.73 Å². The minimum Gasteiger partial charge on any atom is -0.497 e. The molecule has 1 amide bonds. The van der Waals surface area contributed by atoms with Gasteiger partial charge in [0, 0.05) is 5.69 Å². The van der Waals surface area contributed by atoms with Crippen molar-refractivity contribution in [1.82, 2.24) is 0 Å². The molecule has 1 aliphatic heterocycles. The molecule has 1 aromatic carbocycles. The first-order valence-corrected chi connectivity index (χ1v) is 4.95. The summed E-state index contributed by atoms with van der Waals surface area (Å²) in [6.07, 6.45) is 0.673. The molecule has 0 fully saturated rings. The summed E-state index contributed by atoms with van der Waals surface area (Å²) in [6.45, 7) is 0.509. The van der Waals surface area contributed by atoms with Crippen LogP contribution in [0.1, 0.15) is 17.9 Å². The largest absolute Gasteiger partial charge is 0.497 e. The predicted octanol–water partition coefficient (Wildman–Crippen LogP) is 1.08. The fourth-order valence-corrected chi connectivity index (χ4v) is 1.88. The number of anilines is 1. The van der Waals surface area contributed by atoms with Crippen LogP contribution in [0.5, 0.6) is 5.75 Å². The van der Waals surface area contributed by atoms with Crippen molar-refractivity contribution in [3.05, 3.63) is 23.8 Å². The van der Waals surface area contributed by atoms with Gasteiger partial charge in [-0.25, -0.2) is 0 Å². The number of nitrogens with one attached hydrogen (secondary N) is 1. The number of ether oxygens (including phenoxy) is 1. The number of fused-ring (bicyclic) bond motifs is 1. The van der Waals surface area contributed by atoms with E-state index in [1.165, 1.54) is 0 Å². The third kappa shape index (κ3) is 1.68. The van der Waals surface area contributed by atoms with E-state index in [2.05, 4.69) is 5.32 Å². The molecule has 4 nitrogen and oxygen atoms in total. The van der Waals surface area contributed by atoms with Gasteiger partial charge >= 0.3 is 0 Å². The van der Waals surface area contributed by atoms with E-state index in [9.17, 15) is 4.79 Å². The van der Waals surface area contributed by atoms with Gasteiger partial charge < -0.3 is 15.8 Å². The first kappa shape index (κ1) is 9.98. The van der Waals surface area contributed by atoms with E-state index in [0.29, 0.717) is 13.0 Å². The van der Waals surface area contributed by atoms with E-state index < -0.39 is 0 Å². The molecule has 0 saturated carbocycles. The number of amides is 1. The molecule has 0 aliphatic carbocycles. The molecule has 0 spiro atoms. The third-order valence-electron chi connectivity index (χ3n) is 2.66. The van der Waals surface area contributed by atoms with Crippen LogP contribution in [0, 0.1) is 0 Å². The Hall–Kier alpha value is -1.55. The minimum absolute atomic E-state index is 0.0312. The molecule has 0 saturated heterocycles. The van der Waals surface area contributed by atoms with E-state index in [4.69, 9.17) is 10.5 Å². The summed E-state index contributed by atoms with van der Waals surface area (Å²) < 4.78 is 5.13. The molecule has 1 heterocycles. The predicted molar refractivity (Wildman–Crippen MR) is 58.0 cm³/mol. The molecule has 3 N–H and O–H groups in total. The number of hydrogen-bond acceptors (Lipinski definition) is 3. The highest BCUT2D eigenvalue weighted by Crippen LogP contribution is 2.36. The Morgan fingerprint density at radius 1 is 1.53 bits per heavy atom. The Balaban J connectivity index is 2.37. The molecule has 1 aromatic rings. The first-order chi connectivity index (χ1) is 7.26. The van der Waals surface area contributed by atoms with Gasteiger partial charge in [0.15, 0.2) is 0 Å². The summed E-state index contributed by atoms with van der Waals surface area (Å²) in [5, 5.41) is 2.83. The zero-order valence-electron chi connectivity index (χ0n) is 8.62. The lowest BCUT2D eigenvalue weighted by Crippen LogP contribution is -2.15. The van der Waals surface area contributed by atoms with Crippen molar-refractivity contribution in [3.63, 3.8) is 0 Å². The van der Waals surface area contributed by atoms with Crippen LogP contribution in [0.25, 0.3) is 0 Å². The van der Waals surface area contributed by atoms with Crippen molar-refractivity contribution in [3.8, 4) is 5.75 Å². The Morgan fingerprint density at radius 2 is 2.33 bits per heavy atom. The quantitative estimate of drug-likeness (QED) is 0.777. The van der Waals surface area contributed by atoms with E-state index in [-0.39, 0.29) is 11.8 Å². The molecule has 0 bridgehead atoms. The summed E-state index contributed by atoms with van der Waals surface area (Å²) in [5.74, 6) is 0.677. The summed E-state index contributed by atoms with van der Waals surface area (Å²) in [5.41, 5.74) is 7.35. The number of rotatable bonds is 3. The van der Waals surface area contributed by atoms with Crippen LogP contribution in [0.2, 0.25) is 0 Å². The van der Waals surface area contributed by atoms with E-state index in [1.54, 1.807) is 7.11 Å². The Kier molecular flexibility index (Phi) is 2.60. The van der Waals surface area contributed by atoms with Gasteiger partial charge in [-0.1, -0.05) is 0 Å². The molecule has 0 aromatic heterocycles. The second-order valence-corrected chi connectivity index (χ2v) is 3.57. The third-order valence-corrected chi connectivity index (χ3v) is 2.66. The van der Waals surface area contributed by atoms with Crippen molar-refractivity contribution in [2.75, 3.05) is 19.0 Å². The maximum Gasteiger partial charge on any atom is 0.232 e. The van der Waals surface area contributed by atoms with Crippen molar-refractivity contribution < 1.29 is 9.53 Å². The topological polar surface area (TPSA) is 64.3 Å². The van der Waals surface area contributed by atoms with Crippen LogP contribution in [0.15, 0.2) is 18.2 Å². The molecule has 1 atom stereocenters. The van der Waals surface area contributed by atoms with Crippen LogP contribution in [0.4, 0.5) is 5.69 Å². The standard InChI is InChI=1S/C11H14N2O2/c1-15-7-2-3-10-9(6-7)8(4-5-12)11(14)13-10/h2-3,6,8H,4-5,12H2,1H3,(H,13,14)/t8-/m1/s1. The highest BCUT2D eigenvalue weighted by atomic mass is 16.5. The van der Waals surface area contributed by atoms with Gasteiger partial charge in [0.05, 0.1) is 13.0 Å². The van der Waals surface area contributed by atoms with Gasteiger partial charge in [-0.3, -0.25) is 4.79 Å². The molecule has 80 valence electrons. The van der Waals surface area contributed by atoms with Gasteiger partial charge in [0.25, 0.3) is 0 Å². The summed E-state index contributed by atoms with van der Waals surface area (Å²) in [4.78, 5) is 11.6. The van der Waals surface area contributed by atoms with E-state index in [0.717, 1.165) is 17.0 Å². The number of carbonyl (C=O) groups is 1. The lowest BCUT2D eigenvalue weighted by Gasteiger charge is -2.07. The maximum absolute atomic E-state index is 11.6. The molecular formula is C11H14N2O2. The average molecular weight is 206 g/mol.